The van der Waals surface area contributed by atoms with Crippen molar-refractivity contribution in [3.8, 4) is 0 Å². The third kappa shape index (κ3) is 1.53. The minimum Gasteiger partial charge on any atom is -0.387 e. The zero-order valence-electron chi connectivity index (χ0n) is 9.98. The highest BCUT2D eigenvalue weighted by atomic mass is 16.6. The highest BCUT2D eigenvalue weighted by Crippen LogP contribution is 2.37. The van der Waals surface area contributed by atoms with Crippen LogP contribution in [0.1, 0.15) is 0 Å². The molecule has 0 unspecified atom stereocenters. The van der Waals surface area contributed by atoms with Gasteiger partial charge in [0.2, 0.25) is 0 Å². The molecular weight excluding hydrogens is 258 g/mol. The average Bonchev–Trinajstić information content (AvgIpc) is 2.53. The first kappa shape index (κ1) is 12.5. The van der Waals surface area contributed by atoms with Gasteiger partial charge < -0.3 is 5.73 Å². The Balaban J connectivity index is 3.15. The molecule has 0 fully saturated rings. The van der Waals surface area contributed by atoms with Crippen molar-refractivity contribution >= 4 is 28.1 Å². The number of aromatic nitrogens is 2. The summed E-state index contributed by atoms with van der Waals surface area (Å²) >= 11 is 0. The fourth-order valence-electron chi connectivity index (χ4n) is 1.99. The Kier molecular flexibility index (Phi) is 2.51. The molecule has 2 aromatic rings. The van der Waals surface area contributed by atoms with Crippen LogP contribution in [0.25, 0.3) is 11.0 Å². The molecule has 0 aliphatic heterocycles. The van der Waals surface area contributed by atoms with E-state index in [2.05, 4.69) is 0 Å². The van der Waals surface area contributed by atoms with Crippen LogP contribution in [0.3, 0.4) is 0 Å². The Morgan fingerprint density at radius 1 is 1.16 bits per heavy atom. The molecule has 1 heterocycles. The van der Waals surface area contributed by atoms with E-state index in [0.29, 0.717) is 0 Å². The molecule has 0 saturated carbocycles. The van der Waals surface area contributed by atoms with Gasteiger partial charge in [0.25, 0.3) is 0 Å². The first-order valence-corrected chi connectivity index (χ1v) is 5.04. The number of nitro groups is 2. The number of hydrogen-bond acceptors (Lipinski definition) is 6. The Morgan fingerprint density at radius 2 is 1.74 bits per heavy atom. The van der Waals surface area contributed by atoms with Crippen LogP contribution in [0.15, 0.2) is 10.9 Å². The average molecular weight is 267 g/mol. The van der Waals surface area contributed by atoms with Crippen LogP contribution in [0.5, 0.6) is 0 Å². The number of imidazole rings is 1. The van der Waals surface area contributed by atoms with E-state index in [4.69, 9.17) is 5.73 Å². The number of hydrogen-bond donors (Lipinski definition) is 1. The molecule has 100 valence electrons. The van der Waals surface area contributed by atoms with Crippen LogP contribution in [0.4, 0.5) is 17.1 Å². The van der Waals surface area contributed by atoms with Crippen LogP contribution in [0.2, 0.25) is 0 Å². The minimum absolute atomic E-state index is 0.0411. The molecule has 0 aliphatic rings. The van der Waals surface area contributed by atoms with Crippen molar-refractivity contribution in [3.63, 3.8) is 0 Å². The van der Waals surface area contributed by atoms with Gasteiger partial charge in [-0.25, -0.2) is 4.79 Å². The quantitative estimate of drug-likeness (QED) is 0.470. The lowest BCUT2D eigenvalue weighted by molar-refractivity contribution is -0.391. The van der Waals surface area contributed by atoms with Crippen molar-refractivity contribution < 1.29 is 9.85 Å². The Labute approximate surface area is 104 Å². The van der Waals surface area contributed by atoms with Crippen molar-refractivity contribution in [1.82, 2.24) is 9.13 Å². The van der Waals surface area contributed by atoms with Crippen LogP contribution < -0.4 is 11.4 Å². The summed E-state index contributed by atoms with van der Waals surface area (Å²) in [6.07, 6.45) is 0. The summed E-state index contributed by atoms with van der Waals surface area (Å²) in [6, 6.07) is 1.05. The van der Waals surface area contributed by atoms with E-state index in [1.807, 2.05) is 0 Å². The molecule has 0 spiro atoms. The third-order valence-electron chi connectivity index (χ3n) is 2.92. The molecule has 0 saturated heterocycles. The maximum Gasteiger partial charge on any atom is 0.328 e. The number of anilines is 1. The molecule has 2 rings (SSSR count). The van der Waals surface area contributed by atoms with Gasteiger partial charge in [-0.2, -0.15) is 0 Å². The van der Waals surface area contributed by atoms with Gasteiger partial charge in [0.15, 0.2) is 11.2 Å². The minimum atomic E-state index is -0.829. The number of nitrogens with zero attached hydrogens (tertiary/aromatic N) is 4. The molecule has 0 bridgehead atoms. The molecule has 10 heteroatoms. The van der Waals surface area contributed by atoms with Gasteiger partial charge in [-0.1, -0.05) is 0 Å². The molecule has 1 aromatic carbocycles. The van der Waals surface area contributed by atoms with Gasteiger partial charge >= 0.3 is 17.1 Å². The number of nitro benzene ring substituents is 2. The molecule has 0 amide bonds. The van der Waals surface area contributed by atoms with Gasteiger partial charge in [-0.3, -0.25) is 29.4 Å². The first-order chi connectivity index (χ1) is 8.77. The van der Waals surface area contributed by atoms with Crippen LogP contribution in [-0.4, -0.2) is 19.0 Å². The monoisotopic (exact) mass is 267 g/mol. The highest BCUT2D eigenvalue weighted by molar-refractivity contribution is 5.96. The zero-order chi connectivity index (χ0) is 14.5. The van der Waals surface area contributed by atoms with Gasteiger partial charge in [0.1, 0.15) is 0 Å². The summed E-state index contributed by atoms with van der Waals surface area (Å²) in [6.45, 7) is 0. The molecule has 10 nitrogen and oxygen atoms in total. The second kappa shape index (κ2) is 3.80. The predicted octanol–water partition coefficient (Wildman–Crippen LogP) is 0.276. The van der Waals surface area contributed by atoms with Gasteiger partial charge in [-0.15, -0.1) is 0 Å². The summed E-state index contributed by atoms with van der Waals surface area (Å²) in [4.78, 5) is 32.0. The number of fused-ring (bicyclic) bond motifs is 1. The van der Waals surface area contributed by atoms with Crippen LogP contribution >= 0.6 is 0 Å². The summed E-state index contributed by atoms with van der Waals surface area (Å²) in [5, 5.41) is 21.9. The Bertz CT molecular complexity index is 787. The van der Waals surface area contributed by atoms with E-state index in [0.717, 1.165) is 15.2 Å². The molecule has 1 aromatic heterocycles. The summed E-state index contributed by atoms with van der Waals surface area (Å²) < 4.78 is 2.13. The normalized spacial score (nSPS) is 10.8. The molecule has 0 aliphatic carbocycles. The molecule has 0 atom stereocenters. The van der Waals surface area contributed by atoms with E-state index in [9.17, 15) is 25.0 Å². The van der Waals surface area contributed by atoms with Gasteiger partial charge in [0, 0.05) is 20.2 Å². The number of nitrogens with two attached hydrogens (primary N) is 1. The van der Waals surface area contributed by atoms with Gasteiger partial charge in [0.05, 0.1) is 15.4 Å². The second-order valence-electron chi connectivity index (χ2n) is 3.94. The molecule has 19 heavy (non-hydrogen) atoms. The lowest BCUT2D eigenvalue weighted by atomic mass is 10.2. The predicted molar refractivity (Wildman–Crippen MR) is 65.9 cm³/mol. The topological polar surface area (TPSA) is 139 Å². The van der Waals surface area contributed by atoms with E-state index in [-0.39, 0.29) is 11.0 Å². The maximum atomic E-state index is 11.7. The van der Waals surface area contributed by atoms with Crippen molar-refractivity contribution in [1.29, 1.82) is 0 Å². The van der Waals surface area contributed by atoms with E-state index in [1.54, 1.807) is 0 Å². The first-order valence-electron chi connectivity index (χ1n) is 5.04. The molecule has 2 N–H and O–H groups in total. The zero-order valence-corrected chi connectivity index (χ0v) is 9.98. The molecule has 0 radical (unpaired) electrons. The Morgan fingerprint density at radius 3 is 2.21 bits per heavy atom. The fraction of sp³-hybridized carbons (Fsp3) is 0.222. The summed E-state index contributed by atoms with van der Waals surface area (Å²) in [5.74, 6) is 0. The summed E-state index contributed by atoms with van der Waals surface area (Å²) in [5.41, 5.74) is 3.19. The van der Waals surface area contributed by atoms with E-state index < -0.39 is 32.6 Å². The standard InChI is InChI=1S/C9H9N5O5/c1-11-5-3-4(13(16)17)6(10)8(14(18)19)7(5)12(2)9(11)15/h3H,10H2,1-2H3. The van der Waals surface area contributed by atoms with Gasteiger partial charge in [-0.05, 0) is 0 Å². The lowest BCUT2D eigenvalue weighted by Gasteiger charge is -2.02. The van der Waals surface area contributed by atoms with E-state index in [1.165, 1.54) is 14.1 Å². The number of aryl methyl sites for hydroxylation is 2. The lowest BCUT2D eigenvalue weighted by Crippen LogP contribution is -2.19. The smallest absolute Gasteiger partial charge is 0.328 e. The van der Waals surface area contributed by atoms with Crippen molar-refractivity contribution in [2.75, 3.05) is 5.73 Å². The van der Waals surface area contributed by atoms with Crippen molar-refractivity contribution in [3.05, 3.63) is 36.8 Å². The van der Waals surface area contributed by atoms with Crippen molar-refractivity contribution in [2.45, 2.75) is 0 Å². The van der Waals surface area contributed by atoms with Crippen LogP contribution in [-0.2, 0) is 14.1 Å². The second-order valence-corrected chi connectivity index (χ2v) is 3.94. The fourth-order valence-corrected chi connectivity index (χ4v) is 1.99. The summed E-state index contributed by atoms with van der Waals surface area (Å²) in [7, 11) is 2.71. The SMILES string of the molecule is Cn1c(=O)n(C)c2c([N+](=O)[O-])c(N)c([N+](=O)[O-])cc21. The number of nitrogen functional groups attached to an aromatic ring is 1. The number of benzene rings is 1. The maximum absolute atomic E-state index is 11.7. The molecular formula is C9H9N5O5. The van der Waals surface area contributed by atoms with Crippen molar-refractivity contribution in [2.24, 2.45) is 14.1 Å². The highest BCUT2D eigenvalue weighted by Gasteiger charge is 2.30. The third-order valence-corrected chi connectivity index (χ3v) is 2.92. The number of rotatable bonds is 2. The van der Waals surface area contributed by atoms with Crippen LogP contribution in [0, 0.1) is 20.2 Å². The largest absolute Gasteiger partial charge is 0.387 e. The van der Waals surface area contributed by atoms with E-state index >= 15 is 0 Å². The Hall–Kier alpha value is -2.91.